The van der Waals surface area contributed by atoms with Gasteiger partial charge in [-0.25, -0.2) is 4.79 Å². The molecule has 18 heavy (non-hydrogen) atoms. The fourth-order valence-electron chi connectivity index (χ4n) is 1.77. The van der Waals surface area contributed by atoms with Gasteiger partial charge in [0, 0.05) is 17.2 Å². The van der Waals surface area contributed by atoms with Crippen molar-refractivity contribution in [2.45, 2.75) is 19.4 Å². The van der Waals surface area contributed by atoms with Crippen LogP contribution >= 0.6 is 0 Å². The van der Waals surface area contributed by atoms with Gasteiger partial charge in [-0.15, -0.1) is 0 Å². The van der Waals surface area contributed by atoms with Crippen LogP contribution in [-0.4, -0.2) is 21.8 Å². The topological polar surface area (TPSA) is 66.8 Å². The van der Waals surface area contributed by atoms with E-state index in [1.54, 1.807) is 6.07 Å². The largest absolute Gasteiger partial charge is 0.507 e. The lowest BCUT2D eigenvalue weighted by atomic mass is 9.98. The molecule has 1 heterocycles. The van der Waals surface area contributed by atoms with Crippen molar-refractivity contribution in [2.75, 3.05) is 0 Å². The normalized spacial score (nSPS) is 15.7. The van der Waals surface area contributed by atoms with Crippen LogP contribution in [-0.2, 0) is 4.79 Å². The van der Waals surface area contributed by atoms with Gasteiger partial charge >= 0.3 is 5.97 Å². The fourth-order valence-corrected chi connectivity index (χ4v) is 1.77. The van der Waals surface area contributed by atoms with Gasteiger partial charge in [-0.3, -0.25) is 0 Å². The van der Waals surface area contributed by atoms with E-state index in [0.717, 1.165) is 5.56 Å². The predicted molar refractivity (Wildman–Crippen MR) is 68.5 cm³/mol. The number of aliphatic carboxylic acids is 1. The highest BCUT2D eigenvalue weighted by Gasteiger charge is 2.24. The zero-order valence-electron chi connectivity index (χ0n) is 10.2. The standard InChI is InChI=1S/C14H14O4/c1-8(13(16)17)10-6-9-4-5-14(2,3)18-12(9)7-11(10)15/h4-7,15H,1H2,2-3H3,(H,16,17). The maximum atomic E-state index is 10.9. The molecule has 1 aromatic carbocycles. The van der Waals surface area contributed by atoms with Gasteiger partial charge in [0.2, 0.25) is 0 Å². The number of benzene rings is 1. The molecule has 2 N–H and O–H groups in total. The summed E-state index contributed by atoms with van der Waals surface area (Å²) in [4.78, 5) is 10.9. The Bertz CT molecular complexity index is 567. The van der Waals surface area contributed by atoms with Crippen molar-refractivity contribution in [3.05, 3.63) is 35.9 Å². The first-order valence-electron chi connectivity index (χ1n) is 5.48. The molecule has 0 radical (unpaired) electrons. The molecule has 0 amide bonds. The Morgan fingerprint density at radius 3 is 2.67 bits per heavy atom. The van der Waals surface area contributed by atoms with Crippen molar-refractivity contribution >= 4 is 17.6 Å². The number of aromatic hydroxyl groups is 1. The van der Waals surface area contributed by atoms with Gasteiger partial charge in [-0.2, -0.15) is 0 Å². The molecule has 0 unspecified atom stereocenters. The summed E-state index contributed by atoms with van der Waals surface area (Å²) in [7, 11) is 0. The Morgan fingerprint density at radius 1 is 1.39 bits per heavy atom. The molecule has 0 bridgehead atoms. The second-order valence-electron chi connectivity index (χ2n) is 4.73. The van der Waals surface area contributed by atoms with Crippen LogP contribution in [0.4, 0.5) is 0 Å². The third-order valence-corrected chi connectivity index (χ3v) is 2.75. The number of hydrogen-bond acceptors (Lipinski definition) is 3. The van der Waals surface area contributed by atoms with Crippen molar-refractivity contribution in [1.29, 1.82) is 0 Å². The second kappa shape index (κ2) is 3.91. The average Bonchev–Trinajstić information content (AvgIpc) is 2.26. The number of carboxylic acid groups (broad SMARTS) is 1. The van der Waals surface area contributed by atoms with Gasteiger partial charge in [-0.1, -0.05) is 12.7 Å². The Kier molecular flexibility index (Phi) is 2.66. The third-order valence-electron chi connectivity index (χ3n) is 2.75. The van der Waals surface area contributed by atoms with Crippen molar-refractivity contribution in [3.8, 4) is 11.5 Å². The maximum Gasteiger partial charge on any atom is 0.335 e. The summed E-state index contributed by atoms with van der Waals surface area (Å²) in [5.74, 6) is -0.777. The van der Waals surface area contributed by atoms with E-state index in [0.29, 0.717) is 5.75 Å². The van der Waals surface area contributed by atoms with Crippen molar-refractivity contribution < 1.29 is 19.7 Å². The molecule has 0 atom stereocenters. The van der Waals surface area contributed by atoms with E-state index in [1.807, 2.05) is 26.0 Å². The number of carbonyl (C=O) groups is 1. The van der Waals surface area contributed by atoms with Crippen molar-refractivity contribution in [3.63, 3.8) is 0 Å². The molecule has 0 saturated carbocycles. The van der Waals surface area contributed by atoms with Gasteiger partial charge in [0.1, 0.15) is 17.1 Å². The number of rotatable bonds is 2. The van der Waals surface area contributed by atoms with Gasteiger partial charge < -0.3 is 14.9 Å². The monoisotopic (exact) mass is 246 g/mol. The first-order valence-corrected chi connectivity index (χ1v) is 5.48. The lowest BCUT2D eigenvalue weighted by molar-refractivity contribution is -0.130. The lowest BCUT2D eigenvalue weighted by Crippen LogP contribution is -2.27. The van der Waals surface area contributed by atoms with Gasteiger partial charge in [0.25, 0.3) is 0 Å². The first kappa shape index (κ1) is 12.2. The molecule has 0 aromatic heterocycles. The summed E-state index contributed by atoms with van der Waals surface area (Å²) in [6.45, 7) is 7.23. The minimum atomic E-state index is -1.16. The highest BCUT2D eigenvalue weighted by Crippen LogP contribution is 2.37. The van der Waals surface area contributed by atoms with Crippen LogP contribution in [0.2, 0.25) is 0 Å². The second-order valence-corrected chi connectivity index (χ2v) is 4.73. The quantitative estimate of drug-likeness (QED) is 0.787. The van der Waals surface area contributed by atoms with E-state index < -0.39 is 11.6 Å². The molecule has 2 rings (SSSR count). The number of phenols is 1. The van der Waals surface area contributed by atoms with E-state index in [1.165, 1.54) is 6.07 Å². The minimum Gasteiger partial charge on any atom is -0.507 e. The van der Waals surface area contributed by atoms with Crippen molar-refractivity contribution in [2.24, 2.45) is 0 Å². The first-order chi connectivity index (χ1) is 8.30. The van der Waals surface area contributed by atoms with Gasteiger partial charge in [0.05, 0.1) is 5.57 Å². The molecule has 1 aliphatic rings. The summed E-state index contributed by atoms with van der Waals surface area (Å²) in [6.07, 6.45) is 3.72. The Morgan fingerprint density at radius 2 is 2.06 bits per heavy atom. The summed E-state index contributed by atoms with van der Waals surface area (Å²) in [6, 6.07) is 2.98. The van der Waals surface area contributed by atoms with Crippen LogP contribution in [0, 0.1) is 0 Å². The zero-order chi connectivity index (χ0) is 13.5. The molecular formula is C14H14O4. The van der Waals surface area contributed by atoms with E-state index in [2.05, 4.69) is 6.58 Å². The van der Waals surface area contributed by atoms with E-state index in [9.17, 15) is 9.90 Å². The molecule has 4 heteroatoms. The van der Waals surface area contributed by atoms with Crippen LogP contribution in [0.5, 0.6) is 11.5 Å². The van der Waals surface area contributed by atoms with E-state index in [-0.39, 0.29) is 16.9 Å². The smallest absolute Gasteiger partial charge is 0.335 e. The molecule has 0 fully saturated rings. The highest BCUT2D eigenvalue weighted by atomic mass is 16.5. The third kappa shape index (κ3) is 2.09. The predicted octanol–water partition coefficient (Wildman–Crippen LogP) is 2.67. The molecule has 1 aliphatic heterocycles. The van der Waals surface area contributed by atoms with Crippen LogP contribution in [0.1, 0.15) is 25.0 Å². The van der Waals surface area contributed by atoms with Crippen LogP contribution in [0.3, 0.4) is 0 Å². The molecule has 0 spiro atoms. The van der Waals surface area contributed by atoms with Gasteiger partial charge in [-0.05, 0) is 26.0 Å². The van der Waals surface area contributed by atoms with E-state index in [4.69, 9.17) is 9.84 Å². The molecule has 0 aliphatic carbocycles. The highest BCUT2D eigenvalue weighted by molar-refractivity contribution is 6.15. The van der Waals surface area contributed by atoms with Crippen molar-refractivity contribution in [1.82, 2.24) is 0 Å². The molecular weight excluding hydrogens is 232 g/mol. The number of fused-ring (bicyclic) bond motifs is 1. The minimum absolute atomic E-state index is 0.145. The van der Waals surface area contributed by atoms with Crippen LogP contribution in [0.25, 0.3) is 11.6 Å². The van der Waals surface area contributed by atoms with Gasteiger partial charge in [0.15, 0.2) is 0 Å². The molecule has 1 aromatic rings. The van der Waals surface area contributed by atoms with E-state index >= 15 is 0 Å². The number of carboxylic acids is 1. The Balaban J connectivity index is 2.51. The number of phenolic OH excluding ortho intramolecular Hbond substituents is 1. The lowest BCUT2D eigenvalue weighted by Gasteiger charge is -2.28. The Labute approximate surface area is 105 Å². The Hall–Kier alpha value is -2.23. The average molecular weight is 246 g/mol. The summed E-state index contributed by atoms with van der Waals surface area (Å²) >= 11 is 0. The molecule has 0 saturated heterocycles. The summed E-state index contributed by atoms with van der Waals surface area (Å²) in [5.41, 5.74) is 0.345. The SMILES string of the molecule is C=C(C(=O)O)c1cc2c(cc1O)OC(C)(C)C=C2. The number of hydrogen-bond donors (Lipinski definition) is 2. The number of ether oxygens (including phenoxy) is 1. The summed E-state index contributed by atoms with van der Waals surface area (Å²) in [5, 5.41) is 18.7. The molecule has 4 nitrogen and oxygen atoms in total. The van der Waals surface area contributed by atoms with Crippen LogP contribution in [0.15, 0.2) is 24.8 Å². The zero-order valence-corrected chi connectivity index (χ0v) is 10.2. The van der Waals surface area contributed by atoms with Crippen LogP contribution < -0.4 is 4.74 Å². The summed E-state index contributed by atoms with van der Waals surface area (Å²) < 4.78 is 5.67. The maximum absolute atomic E-state index is 10.9. The molecule has 94 valence electrons. The fraction of sp³-hybridized carbons (Fsp3) is 0.214.